The molecule has 9 aromatic carbocycles. The van der Waals surface area contributed by atoms with Gasteiger partial charge in [-0.3, -0.25) is 0 Å². The van der Waals surface area contributed by atoms with Gasteiger partial charge in [-0.2, -0.15) is 0 Å². The summed E-state index contributed by atoms with van der Waals surface area (Å²) in [6.07, 6.45) is 0. The molecule has 1 aromatic heterocycles. The molecule has 0 fully saturated rings. The van der Waals surface area contributed by atoms with Crippen molar-refractivity contribution in [2.45, 2.75) is 0 Å². The van der Waals surface area contributed by atoms with E-state index in [0.717, 1.165) is 65.3 Å². The van der Waals surface area contributed by atoms with Crippen LogP contribution in [0.25, 0.3) is 98.8 Å². The number of fused-ring (bicyclic) bond motifs is 6. The minimum absolute atomic E-state index is 0.106. The summed E-state index contributed by atoms with van der Waals surface area (Å²) in [5.74, 6) is 0. The quantitative estimate of drug-likeness (QED) is 0.176. The van der Waals surface area contributed by atoms with E-state index in [1.165, 1.54) is 0 Å². The SMILES string of the molecule is [2H]c1c([2H])c([2H])c(-c2ccc3c(c2)oc2cccc(-c4c5ccccc5c(-c5cc(-c6c([2H])c([2H])c([2H])c([2H])c6[2H])c6ccccc6c5)c5ccccc45)c23)c([2H])c1[2H]. The fraction of sp³-hybridized carbons (Fsp3) is 0. The predicted molar refractivity (Wildman–Crippen MR) is 208 cm³/mol. The van der Waals surface area contributed by atoms with Crippen molar-refractivity contribution in [3.05, 3.63) is 182 Å². The van der Waals surface area contributed by atoms with Gasteiger partial charge in [0, 0.05) is 10.8 Å². The topological polar surface area (TPSA) is 13.1 Å². The van der Waals surface area contributed by atoms with Crippen molar-refractivity contribution in [1.29, 1.82) is 0 Å². The van der Waals surface area contributed by atoms with Crippen LogP contribution < -0.4 is 0 Å². The maximum Gasteiger partial charge on any atom is 0.136 e. The summed E-state index contributed by atoms with van der Waals surface area (Å²) in [5.41, 5.74) is 6.07. The summed E-state index contributed by atoms with van der Waals surface area (Å²) in [6.45, 7) is 0. The van der Waals surface area contributed by atoms with E-state index >= 15 is 0 Å². The Bertz CT molecular complexity index is 3350. The van der Waals surface area contributed by atoms with Crippen molar-refractivity contribution in [2.75, 3.05) is 0 Å². The second-order valence-corrected chi connectivity index (χ2v) is 12.1. The third kappa shape index (κ3) is 4.40. The first-order valence-electron chi connectivity index (χ1n) is 21.0. The number of hydrogen-bond acceptors (Lipinski definition) is 1. The highest BCUT2D eigenvalue weighted by molar-refractivity contribution is 6.26. The van der Waals surface area contributed by atoms with Gasteiger partial charge in [-0.15, -0.1) is 0 Å². The zero-order valence-corrected chi connectivity index (χ0v) is 26.0. The first-order valence-corrected chi connectivity index (χ1v) is 16.0. The lowest BCUT2D eigenvalue weighted by atomic mass is 9.83. The van der Waals surface area contributed by atoms with Gasteiger partial charge in [0.25, 0.3) is 0 Å². The average molecular weight is 633 g/mol. The number of furan rings is 1. The molecule has 1 heterocycles. The lowest BCUT2D eigenvalue weighted by Crippen LogP contribution is -1.92. The minimum Gasteiger partial charge on any atom is -0.456 e. The van der Waals surface area contributed by atoms with E-state index in [0.29, 0.717) is 22.3 Å². The van der Waals surface area contributed by atoms with Crippen molar-refractivity contribution in [2.24, 2.45) is 0 Å². The Labute approximate surface area is 298 Å². The summed E-state index contributed by atoms with van der Waals surface area (Å²) >= 11 is 0. The molecule has 0 saturated heterocycles. The summed E-state index contributed by atoms with van der Waals surface area (Å²) in [7, 11) is 0. The normalized spacial score (nSPS) is 14.5. The molecular weight excluding hydrogens is 593 g/mol. The zero-order chi connectivity index (χ0) is 41.0. The fourth-order valence-corrected chi connectivity index (χ4v) is 7.36. The molecule has 10 aromatic rings. The highest BCUT2D eigenvalue weighted by Gasteiger charge is 2.21. The van der Waals surface area contributed by atoms with Gasteiger partial charge in [0.1, 0.15) is 11.2 Å². The van der Waals surface area contributed by atoms with Crippen LogP contribution in [0.5, 0.6) is 0 Å². The molecule has 10 rings (SSSR count). The lowest BCUT2D eigenvalue weighted by molar-refractivity contribution is 0.669. The van der Waals surface area contributed by atoms with E-state index in [4.69, 9.17) is 18.1 Å². The average Bonchev–Trinajstić information content (AvgIpc) is 3.64. The van der Waals surface area contributed by atoms with Crippen LogP contribution in [0.2, 0.25) is 0 Å². The Hall–Kier alpha value is -6.44. The van der Waals surface area contributed by atoms with Gasteiger partial charge in [-0.05, 0) is 107 Å². The molecule has 0 unspecified atom stereocenters. The zero-order valence-electron chi connectivity index (χ0n) is 36.0. The smallest absolute Gasteiger partial charge is 0.136 e. The maximum absolute atomic E-state index is 8.90. The fourth-order valence-electron chi connectivity index (χ4n) is 7.36. The molecular formula is C48H30O. The Kier molecular flexibility index (Phi) is 4.39. The molecule has 0 aliphatic heterocycles. The molecule has 0 aliphatic carbocycles. The number of hydrogen-bond donors (Lipinski definition) is 0. The molecule has 0 amide bonds. The third-order valence-corrected chi connectivity index (χ3v) is 9.41. The van der Waals surface area contributed by atoms with Gasteiger partial charge in [0.05, 0.1) is 13.7 Å². The summed E-state index contributed by atoms with van der Waals surface area (Å²) in [5, 5.41) is 7.16. The Balaban J connectivity index is 1.25. The molecule has 0 radical (unpaired) electrons. The second kappa shape index (κ2) is 11.1. The van der Waals surface area contributed by atoms with Crippen LogP contribution >= 0.6 is 0 Å². The highest BCUT2D eigenvalue weighted by atomic mass is 16.3. The van der Waals surface area contributed by atoms with Gasteiger partial charge in [-0.1, -0.05) is 151 Å². The van der Waals surface area contributed by atoms with Crippen molar-refractivity contribution in [1.82, 2.24) is 0 Å². The monoisotopic (exact) mass is 632 g/mol. The molecule has 0 N–H and O–H groups in total. The van der Waals surface area contributed by atoms with Gasteiger partial charge >= 0.3 is 0 Å². The highest BCUT2D eigenvalue weighted by Crippen LogP contribution is 2.48. The Morgan fingerprint density at radius 2 is 0.980 bits per heavy atom. The molecule has 0 bridgehead atoms. The molecule has 228 valence electrons. The molecule has 1 nitrogen and oxygen atoms in total. The maximum atomic E-state index is 8.90. The minimum atomic E-state index is -0.446. The van der Waals surface area contributed by atoms with E-state index in [1.807, 2.05) is 72.8 Å². The standard InChI is InChI=1S/C48H30O/c1-3-14-31(15-4-1)33-26-27-41-45(30-33)49-44-25-13-24-42(48(41)44)47-39-22-11-9-20-37(39)46(38-21-10-12-23-40(38)47)35-28-34-18-7-8-19-36(34)43(29-35)32-16-5-2-6-17-32/h1-30H/i1D,2D,3D,4D,5D,6D,14D,15D,16D,17D. The van der Waals surface area contributed by atoms with Gasteiger partial charge in [0.15, 0.2) is 0 Å². The summed E-state index contributed by atoms with van der Waals surface area (Å²) in [6, 6.07) is 35.9. The van der Waals surface area contributed by atoms with Crippen LogP contribution in [0.1, 0.15) is 13.7 Å². The molecule has 0 aliphatic rings. The molecule has 0 spiro atoms. The third-order valence-electron chi connectivity index (χ3n) is 9.41. The first kappa shape index (κ1) is 19.4. The van der Waals surface area contributed by atoms with Gasteiger partial charge < -0.3 is 4.42 Å². The van der Waals surface area contributed by atoms with E-state index in [-0.39, 0.29) is 47.4 Å². The van der Waals surface area contributed by atoms with E-state index in [9.17, 15) is 0 Å². The van der Waals surface area contributed by atoms with Crippen molar-refractivity contribution < 1.29 is 18.1 Å². The molecule has 0 saturated carbocycles. The van der Waals surface area contributed by atoms with Crippen molar-refractivity contribution in [3.8, 4) is 44.5 Å². The largest absolute Gasteiger partial charge is 0.456 e. The van der Waals surface area contributed by atoms with Gasteiger partial charge in [-0.25, -0.2) is 0 Å². The van der Waals surface area contributed by atoms with Crippen LogP contribution in [-0.2, 0) is 0 Å². The number of benzene rings is 9. The molecule has 49 heavy (non-hydrogen) atoms. The van der Waals surface area contributed by atoms with E-state index in [1.54, 1.807) is 12.1 Å². The predicted octanol–water partition coefficient (Wildman–Crippen LogP) is 13.7. The first-order chi connectivity index (χ1) is 28.5. The van der Waals surface area contributed by atoms with Crippen molar-refractivity contribution >= 4 is 54.3 Å². The van der Waals surface area contributed by atoms with Crippen LogP contribution in [0.3, 0.4) is 0 Å². The van der Waals surface area contributed by atoms with Crippen molar-refractivity contribution in [3.63, 3.8) is 0 Å². The van der Waals surface area contributed by atoms with E-state index < -0.39 is 24.2 Å². The lowest BCUT2D eigenvalue weighted by Gasteiger charge is -2.19. The molecule has 0 atom stereocenters. The van der Waals surface area contributed by atoms with Crippen LogP contribution in [0, 0.1) is 0 Å². The van der Waals surface area contributed by atoms with Crippen LogP contribution in [0.15, 0.2) is 186 Å². The summed E-state index contributed by atoms with van der Waals surface area (Å²) in [4.78, 5) is 0. The van der Waals surface area contributed by atoms with Crippen LogP contribution in [-0.4, -0.2) is 0 Å². The number of rotatable bonds is 4. The summed E-state index contributed by atoms with van der Waals surface area (Å²) < 4.78 is 91.1. The van der Waals surface area contributed by atoms with Gasteiger partial charge in [0.2, 0.25) is 0 Å². The van der Waals surface area contributed by atoms with E-state index in [2.05, 4.69) is 36.4 Å². The second-order valence-electron chi connectivity index (χ2n) is 12.1. The Morgan fingerprint density at radius 3 is 1.67 bits per heavy atom. The van der Waals surface area contributed by atoms with Crippen LogP contribution in [0.4, 0.5) is 0 Å². The molecule has 1 heteroatoms. The Morgan fingerprint density at radius 1 is 0.367 bits per heavy atom.